The van der Waals surface area contributed by atoms with Crippen molar-refractivity contribution in [3.8, 4) is 0 Å². The van der Waals surface area contributed by atoms with Gasteiger partial charge in [0.25, 0.3) is 0 Å². The van der Waals surface area contributed by atoms with E-state index in [9.17, 15) is 0 Å². The van der Waals surface area contributed by atoms with E-state index in [-0.39, 0.29) is 0 Å². The molecule has 0 aromatic heterocycles. The lowest BCUT2D eigenvalue weighted by Gasteiger charge is -2.60. The number of hydrogen-bond acceptors (Lipinski definition) is 1. The van der Waals surface area contributed by atoms with Crippen LogP contribution in [0, 0.1) is 46.3 Å². The van der Waals surface area contributed by atoms with Gasteiger partial charge in [-0.1, -0.05) is 39.5 Å². The van der Waals surface area contributed by atoms with Crippen LogP contribution in [0.1, 0.15) is 110 Å². The Labute approximate surface area is 174 Å². The van der Waals surface area contributed by atoms with Crippen LogP contribution in [0.5, 0.6) is 0 Å². The van der Waals surface area contributed by atoms with Crippen LogP contribution < -0.4 is 0 Å². The summed E-state index contributed by atoms with van der Waals surface area (Å²) in [5.41, 5.74) is 1.40. The molecule has 1 heteroatoms. The van der Waals surface area contributed by atoms with Gasteiger partial charge in [-0.3, -0.25) is 0 Å². The Hall–Kier alpha value is -0.0400. The number of hydrogen-bond donors (Lipinski definition) is 0. The number of rotatable bonds is 4. The molecule has 4 saturated carbocycles. The molecule has 0 aromatic rings. The first kappa shape index (κ1) is 19.9. The summed E-state index contributed by atoms with van der Waals surface area (Å²) >= 11 is 0. The van der Waals surface area contributed by atoms with Crippen molar-refractivity contribution in [2.45, 2.75) is 110 Å². The van der Waals surface area contributed by atoms with Gasteiger partial charge in [0, 0.05) is 13.2 Å². The molecule has 1 aliphatic heterocycles. The van der Waals surface area contributed by atoms with Gasteiger partial charge in [0.2, 0.25) is 0 Å². The summed E-state index contributed by atoms with van der Waals surface area (Å²) in [5, 5.41) is 0. The Morgan fingerprint density at radius 1 is 0.714 bits per heavy atom. The molecule has 5 aliphatic rings. The molecule has 1 nitrogen and oxygen atoms in total. The maximum Gasteiger partial charge on any atom is 0.0468 e. The minimum Gasteiger partial charge on any atom is -0.381 e. The van der Waals surface area contributed by atoms with Crippen molar-refractivity contribution in [2.75, 3.05) is 13.2 Å². The quantitative estimate of drug-likeness (QED) is 0.482. The molecule has 5 rings (SSSR count). The van der Waals surface area contributed by atoms with Crippen LogP contribution >= 0.6 is 0 Å². The van der Waals surface area contributed by atoms with E-state index in [2.05, 4.69) is 13.8 Å². The van der Waals surface area contributed by atoms with Crippen LogP contribution in [-0.2, 0) is 4.74 Å². The molecule has 0 N–H and O–H groups in total. The number of ether oxygens (including phenoxy) is 1. The van der Waals surface area contributed by atoms with Crippen molar-refractivity contribution in [1.29, 1.82) is 0 Å². The largest absolute Gasteiger partial charge is 0.381 e. The van der Waals surface area contributed by atoms with Gasteiger partial charge in [-0.25, -0.2) is 0 Å². The zero-order chi connectivity index (χ0) is 19.2. The molecule has 0 amide bonds. The second-order valence-electron chi connectivity index (χ2n) is 12.2. The zero-order valence-electron chi connectivity index (χ0n) is 18.9. The van der Waals surface area contributed by atoms with Crippen molar-refractivity contribution in [2.24, 2.45) is 46.3 Å². The lowest BCUT2D eigenvalue weighted by molar-refractivity contribution is -0.111. The zero-order valence-corrected chi connectivity index (χ0v) is 18.9. The molecule has 1 heterocycles. The minimum absolute atomic E-state index is 0.689. The first-order valence-corrected chi connectivity index (χ1v) is 13.2. The number of fused-ring (bicyclic) bond motifs is 5. The fourth-order valence-corrected chi connectivity index (χ4v) is 9.57. The Balaban J connectivity index is 1.22. The first-order chi connectivity index (χ1) is 13.6. The Kier molecular flexibility index (Phi) is 5.61. The van der Waals surface area contributed by atoms with Gasteiger partial charge in [0.1, 0.15) is 0 Å². The first-order valence-electron chi connectivity index (χ1n) is 13.2. The van der Waals surface area contributed by atoms with Crippen molar-refractivity contribution < 1.29 is 4.74 Å². The summed E-state index contributed by atoms with van der Waals surface area (Å²) in [7, 11) is 0. The predicted molar refractivity (Wildman–Crippen MR) is 117 cm³/mol. The van der Waals surface area contributed by atoms with Crippen molar-refractivity contribution in [3.63, 3.8) is 0 Å². The van der Waals surface area contributed by atoms with E-state index in [0.29, 0.717) is 10.8 Å². The van der Waals surface area contributed by atoms with Crippen molar-refractivity contribution in [1.82, 2.24) is 0 Å². The van der Waals surface area contributed by atoms with Gasteiger partial charge in [-0.05, 0) is 117 Å². The molecule has 1 saturated heterocycles. The fourth-order valence-electron chi connectivity index (χ4n) is 9.57. The Bertz CT molecular complexity index is 536. The molecule has 28 heavy (non-hydrogen) atoms. The normalized spacial score (nSPS) is 49.3. The average Bonchev–Trinajstić information content (AvgIpc) is 3.05. The summed E-state index contributed by atoms with van der Waals surface area (Å²) in [6.45, 7) is 7.53. The molecule has 4 aliphatic carbocycles. The minimum atomic E-state index is 0.689. The second kappa shape index (κ2) is 7.90. The summed E-state index contributed by atoms with van der Waals surface area (Å²) in [5.74, 6) is 6.30. The highest BCUT2D eigenvalue weighted by Crippen LogP contribution is 2.67. The van der Waals surface area contributed by atoms with E-state index in [0.717, 1.165) is 48.7 Å². The monoisotopic (exact) mass is 386 g/mol. The fraction of sp³-hybridized carbons (Fsp3) is 1.00. The van der Waals surface area contributed by atoms with Crippen LogP contribution in [0.25, 0.3) is 0 Å². The van der Waals surface area contributed by atoms with E-state index >= 15 is 0 Å². The van der Waals surface area contributed by atoms with E-state index in [1.165, 1.54) is 44.9 Å². The van der Waals surface area contributed by atoms with Crippen LogP contribution in [0.3, 0.4) is 0 Å². The summed E-state index contributed by atoms with van der Waals surface area (Å²) in [6, 6.07) is 0. The molecule has 0 radical (unpaired) electrons. The molecule has 0 bridgehead atoms. The van der Waals surface area contributed by atoms with E-state index in [1.807, 2.05) is 0 Å². The Morgan fingerprint density at radius 2 is 1.54 bits per heavy atom. The summed E-state index contributed by atoms with van der Waals surface area (Å²) in [6.07, 6.45) is 22.7. The maximum atomic E-state index is 5.56. The lowest BCUT2D eigenvalue weighted by Crippen LogP contribution is -2.52. The van der Waals surface area contributed by atoms with Gasteiger partial charge in [-0.2, -0.15) is 0 Å². The summed E-state index contributed by atoms with van der Waals surface area (Å²) < 4.78 is 5.56. The molecular weight excluding hydrogens is 340 g/mol. The molecular formula is C27H46O. The van der Waals surface area contributed by atoms with Gasteiger partial charge < -0.3 is 4.74 Å². The van der Waals surface area contributed by atoms with Crippen LogP contribution in [0.4, 0.5) is 0 Å². The molecule has 0 spiro atoms. The third-order valence-corrected chi connectivity index (χ3v) is 11.3. The highest BCUT2D eigenvalue weighted by atomic mass is 16.5. The van der Waals surface area contributed by atoms with Crippen LogP contribution in [0.15, 0.2) is 0 Å². The predicted octanol–water partition coefficient (Wildman–Crippen LogP) is 7.63. The van der Waals surface area contributed by atoms with Gasteiger partial charge in [0.15, 0.2) is 0 Å². The topological polar surface area (TPSA) is 9.23 Å². The van der Waals surface area contributed by atoms with Crippen LogP contribution in [-0.4, -0.2) is 13.2 Å². The highest BCUT2D eigenvalue weighted by Gasteiger charge is 2.59. The average molecular weight is 387 g/mol. The molecule has 6 unspecified atom stereocenters. The van der Waals surface area contributed by atoms with Gasteiger partial charge >= 0.3 is 0 Å². The maximum absolute atomic E-state index is 5.56. The summed E-state index contributed by atoms with van der Waals surface area (Å²) in [4.78, 5) is 0. The van der Waals surface area contributed by atoms with Gasteiger partial charge in [-0.15, -0.1) is 0 Å². The van der Waals surface area contributed by atoms with E-state index in [1.54, 1.807) is 51.4 Å². The second-order valence-corrected chi connectivity index (χ2v) is 12.2. The third-order valence-electron chi connectivity index (χ3n) is 11.3. The highest BCUT2D eigenvalue weighted by molar-refractivity contribution is 5.08. The van der Waals surface area contributed by atoms with E-state index < -0.39 is 0 Å². The standard InChI is InChI=1S/C27H46O/c1-26-16-4-3-7-21(26)9-11-23-24-12-10-22(27(24,2)17-13-25(23)26)8-5-6-20-14-18-28-19-15-20/h20-25H,3-19H2,1-2H3/t21?,22?,23-,24?,25?,26?,27?/m0/s1. The van der Waals surface area contributed by atoms with Crippen LogP contribution in [0.2, 0.25) is 0 Å². The molecule has 7 atom stereocenters. The van der Waals surface area contributed by atoms with E-state index in [4.69, 9.17) is 4.74 Å². The SMILES string of the molecule is CC12CCCCC1CC[C@@H]1C2CCC2(C)C(CCCC3CCOCC3)CCC12. The smallest absolute Gasteiger partial charge is 0.0468 e. The molecule has 0 aromatic carbocycles. The van der Waals surface area contributed by atoms with Gasteiger partial charge in [0.05, 0.1) is 0 Å². The molecule has 160 valence electrons. The Morgan fingerprint density at radius 3 is 2.39 bits per heavy atom. The van der Waals surface area contributed by atoms with Crippen molar-refractivity contribution >= 4 is 0 Å². The lowest BCUT2D eigenvalue weighted by atomic mass is 9.45. The molecule has 5 fully saturated rings. The third kappa shape index (κ3) is 3.30. The van der Waals surface area contributed by atoms with Crippen molar-refractivity contribution in [3.05, 3.63) is 0 Å².